The molecule has 0 aliphatic rings. The highest BCUT2D eigenvalue weighted by Gasteiger charge is 2.16. The number of benzene rings is 2. The molecule has 3 N–H and O–H groups in total. The summed E-state index contributed by atoms with van der Waals surface area (Å²) in [4.78, 5) is 14.7. The van der Waals surface area contributed by atoms with Crippen molar-refractivity contribution in [2.75, 3.05) is 11.1 Å². The van der Waals surface area contributed by atoms with E-state index < -0.39 is 0 Å². The number of aryl methyl sites for hydroxylation is 3. The largest absolute Gasteiger partial charge is 0.375 e. The fraction of sp³-hybridized carbons (Fsp3) is 0.150. The minimum Gasteiger partial charge on any atom is -0.375 e. The molecular weight excluding hydrogens is 342 g/mol. The maximum absolute atomic E-state index is 5.93. The lowest BCUT2D eigenvalue weighted by Crippen LogP contribution is -2.00. The van der Waals surface area contributed by atoms with Crippen molar-refractivity contribution in [3.63, 3.8) is 0 Å². The second-order valence-electron chi connectivity index (χ2n) is 6.36. The maximum Gasteiger partial charge on any atom is 0.182 e. The third-order valence-corrected chi connectivity index (χ3v) is 5.07. The number of thiazole rings is 1. The smallest absolute Gasteiger partial charge is 0.182 e. The number of rotatable bonds is 3. The first-order chi connectivity index (χ1) is 12.5. The normalized spacial score (nSPS) is 11.0. The van der Waals surface area contributed by atoms with Crippen LogP contribution in [0.3, 0.4) is 0 Å². The molecule has 0 amide bonds. The van der Waals surface area contributed by atoms with Gasteiger partial charge in [0.1, 0.15) is 5.52 Å². The fourth-order valence-corrected chi connectivity index (χ4v) is 3.68. The molecule has 6 heteroatoms. The van der Waals surface area contributed by atoms with Gasteiger partial charge in [-0.3, -0.25) is 0 Å². The summed E-state index contributed by atoms with van der Waals surface area (Å²) >= 11 is 1.38. The van der Waals surface area contributed by atoms with Gasteiger partial charge in [0.25, 0.3) is 0 Å². The molecule has 0 saturated carbocycles. The van der Waals surface area contributed by atoms with Gasteiger partial charge in [-0.05, 0) is 44.0 Å². The summed E-state index contributed by atoms with van der Waals surface area (Å²) in [6, 6.07) is 14.4. The Labute approximate surface area is 156 Å². The molecule has 2 heterocycles. The summed E-state index contributed by atoms with van der Waals surface area (Å²) in [6.07, 6.45) is 0. The molecule has 0 spiro atoms. The summed E-state index contributed by atoms with van der Waals surface area (Å²) in [5.74, 6) is 1.36. The van der Waals surface area contributed by atoms with Gasteiger partial charge in [-0.15, -0.1) is 0 Å². The number of nitrogens with two attached hydrogens (primary N) is 1. The summed E-state index contributed by atoms with van der Waals surface area (Å²) < 4.78 is 0. The van der Waals surface area contributed by atoms with E-state index in [0.29, 0.717) is 22.3 Å². The van der Waals surface area contributed by atoms with Gasteiger partial charge in [0.15, 0.2) is 21.6 Å². The molecule has 2 aromatic carbocycles. The number of fused-ring (bicyclic) bond motifs is 1. The summed E-state index contributed by atoms with van der Waals surface area (Å²) in [7, 11) is 0. The Balaban J connectivity index is 1.89. The molecule has 5 nitrogen and oxygen atoms in total. The number of anilines is 3. The molecule has 0 aliphatic heterocycles. The minimum absolute atomic E-state index is 0.486. The minimum atomic E-state index is 0.486. The number of nitrogens with zero attached hydrogens (tertiary/aromatic N) is 3. The first kappa shape index (κ1) is 16.5. The lowest BCUT2D eigenvalue weighted by atomic mass is 10.0. The average molecular weight is 361 g/mol. The second-order valence-corrected chi connectivity index (χ2v) is 7.37. The van der Waals surface area contributed by atoms with Gasteiger partial charge in [0.05, 0.1) is 0 Å². The van der Waals surface area contributed by atoms with Crippen molar-refractivity contribution >= 4 is 38.3 Å². The van der Waals surface area contributed by atoms with Gasteiger partial charge in [-0.2, -0.15) is 0 Å². The fourth-order valence-electron chi connectivity index (χ4n) is 2.98. The van der Waals surface area contributed by atoms with Gasteiger partial charge in [-0.25, -0.2) is 15.0 Å². The number of aromatic nitrogens is 3. The van der Waals surface area contributed by atoms with Crippen molar-refractivity contribution in [3.05, 3.63) is 59.2 Å². The van der Waals surface area contributed by atoms with Crippen LogP contribution in [-0.4, -0.2) is 15.0 Å². The van der Waals surface area contributed by atoms with Crippen molar-refractivity contribution < 1.29 is 0 Å². The third-order valence-electron chi connectivity index (χ3n) is 4.29. The molecule has 26 heavy (non-hydrogen) atoms. The van der Waals surface area contributed by atoms with E-state index in [1.807, 2.05) is 18.2 Å². The van der Waals surface area contributed by atoms with Crippen molar-refractivity contribution in [1.82, 2.24) is 15.0 Å². The second kappa shape index (κ2) is 6.38. The molecule has 0 saturated heterocycles. The topological polar surface area (TPSA) is 76.7 Å². The number of hydrogen-bond acceptors (Lipinski definition) is 6. The van der Waals surface area contributed by atoms with E-state index in [0.717, 1.165) is 27.2 Å². The molecular formula is C20H19N5S. The van der Waals surface area contributed by atoms with E-state index in [9.17, 15) is 0 Å². The molecule has 4 rings (SSSR count). The van der Waals surface area contributed by atoms with Crippen molar-refractivity contribution in [3.8, 4) is 11.4 Å². The lowest BCUT2D eigenvalue weighted by Gasteiger charge is -2.11. The molecule has 2 aromatic heterocycles. The zero-order chi connectivity index (χ0) is 18.3. The van der Waals surface area contributed by atoms with Crippen LogP contribution in [0, 0.1) is 20.8 Å². The Morgan fingerprint density at radius 3 is 2.27 bits per heavy atom. The first-order valence-electron chi connectivity index (χ1n) is 8.35. The van der Waals surface area contributed by atoms with Crippen LogP contribution in [0.4, 0.5) is 16.6 Å². The van der Waals surface area contributed by atoms with Crippen LogP contribution in [0.1, 0.15) is 16.7 Å². The van der Waals surface area contributed by atoms with Crippen LogP contribution in [0.2, 0.25) is 0 Å². The highest BCUT2D eigenvalue weighted by molar-refractivity contribution is 7.21. The van der Waals surface area contributed by atoms with Gasteiger partial charge < -0.3 is 11.1 Å². The zero-order valence-corrected chi connectivity index (χ0v) is 15.7. The molecule has 0 aliphatic carbocycles. The summed E-state index contributed by atoms with van der Waals surface area (Å²) in [5, 5.41) is 3.86. The van der Waals surface area contributed by atoms with Crippen LogP contribution in [0.5, 0.6) is 0 Å². The van der Waals surface area contributed by atoms with E-state index in [1.54, 1.807) is 0 Å². The monoisotopic (exact) mass is 361 g/mol. The Morgan fingerprint density at radius 1 is 0.885 bits per heavy atom. The Bertz CT molecular complexity index is 1080. The van der Waals surface area contributed by atoms with Gasteiger partial charge in [0, 0.05) is 11.3 Å². The van der Waals surface area contributed by atoms with E-state index >= 15 is 0 Å². The number of hydrogen-bond donors (Lipinski definition) is 2. The van der Waals surface area contributed by atoms with E-state index in [4.69, 9.17) is 15.7 Å². The highest BCUT2D eigenvalue weighted by atomic mass is 32.1. The maximum atomic E-state index is 5.93. The van der Waals surface area contributed by atoms with Crippen molar-refractivity contribution in [2.45, 2.75) is 20.8 Å². The molecule has 4 aromatic rings. The van der Waals surface area contributed by atoms with Crippen molar-refractivity contribution in [2.24, 2.45) is 0 Å². The molecule has 0 atom stereocenters. The standard InChI is InChI=1S/C20H19N5S/c1-11-7-9-14(10-8-11)22-18-16-19(26-20(21)23-16)25-17(24-18)15-12(2)5-4-6-13(15)3/h4-10H,1-3H3,(H2,21,23)(H,22,24,25). The first-order valence-corrected chi connectivity index (χ1v) is 9.17. The van der Waals surface area contributed by atoms with Crippen LogP contribution < -0.4 is 11.1 Å². The predicted molar refractivity (Wildman–Crippen MR) is 109 cm³/mol. The SMILES string of the molecule is Cc1ccc(Nc2nc(-c3c(C)cccc3C)nc3sc(N)nc23)cc1. The molecule has 0 radical (unpaired) electrons. The lowest BCUT2D eigenvalue weighted by molar-refractivity contribution is 1.20. The molecule has 0 fully saturated rings. The van der Waals surface area contributed by atoms with Crippen LogP contribution >= 0.6 is 11.3 Å². The predicted octanol–water partition coefficient (Wildman–Crippen LogP) is 5.00. The van der Waals surface area contributed by atoms with Crippen molar-refractivity contribution in [1.29, 1.82) is 0 Å². The summed E-state index contributed by atoms with van der Waals surface area (Å²) in [5.41, 5.74) is 12.1. The number of nitrogens with one attached hydrogen (secondary N) is 1. The van der Waals surface area contributed by atoms with Gasteiger partial charge in [0.2, 0.25) is 0 Å². The van der Waals surface area contributed by atoms with Crippen LogP contribution in [0.25, 0.3) is 21.7 Å². The molecule has 0 unspecified atom stereocenters. The van der Waals surface area contributed by atoms with Gasteiger partial charge >= 0.3 is 0 Å². The van der Waals surface area contributed by atoms with Crippen LogP contribution in [0.15, 0.2) is 42.5 Å². The Morgan fingerprint density at radius 2 is 1.58 bits per heavy atom. The van der Waals surface area contributed by atoms with E-state index in [-0.39, 0.29) is 0 Å². The van der Waals surface area contributed by atoms with Crippen LogP contribution in [-0.2, 0) is 0 Å². The Hall–Kier alpha value is -2.99. The third kappa shape index (κ3) is 2.99. The average Bonchev–Trinajstić information content (AvgIpc) is 2.97. The zero-order valence-electron chi connectivity index (χ0n) is 14.9. The van der Waals surface area contributed by atoms with E-state index in [1.165, 1.54) is 16.9 Å². The highest BCUT2D eigenvalue weighted by Crippen LogP contribution is 2.33. The van der Waals surface area contributed by atoms with Gasteiger partial charge in [-0.1, -0.05) is 47.2 Å². The number of nitrogen functional groups attached to an aromatic ring is 1. The quantitative estimate of drug-likeness (QED) is 0.537. The molecule has 130 valence electrons. The summed E-state index contributed by atoms with van der Waals surface area (Å²) in [6.45, 7) is 6.21. The Kier molecular flexibility index (Phi) is 4.05. The van der Waals surface area contributed by atoms with E-state index in [2.05, 4.69) is 55.3 Å². The molecule has 0 bridgehead atoms.